The smallest absolute Gasteiger partial charge is 0.341 e. The Bertz CT molecular complexity index is 447. The Morgan fingerprint density at radius 2 is 2.12 bits per heavy atom. The van der Waals surface area contributed by atoms with E-state index in [0.29, 0.717) is 12.1 Å². The van der Waals surface area contributed by atoms with E-state index in [2.05, 4.69) is 4.74 Å². The van der Waals surface area contributed by atoms with E-state index in [4.69, 9.17) is 0 Å². The number of ether oxygens (including phenoxy) is 1. The molecule has 0 bridgehead atoms. The van der Waals surface area contributed by atoms with Crippen molar-refractivity contribution in [3.63, 3.8) is 0 Å². The quantitative estimate of drug-likeness (QED) is 0.453. The van der Waals surface area contributed by atoms with E-state index >= 15 is 0 Å². The Labute approximate surface area is 88.8 Å². The van der Waals surface area contributed by atoms with Crippen LogP contribution in [0.3, 0.4) is 0 Å². The van der Waals surface area contributed by atoms with Crippen LogP contribution in [-0.4, -0.2) is 17.5 Å². The minimum absolute atomic E-state index is 0.0391. The highest BCUT2D eigenvalue weighted by Gasteiger charge is 2.22. The number of hydrogen-bond donors (Lipinski definition) is 0. The molecule has 0 radical (unpaired) electrons. The van der Waals surface area contributed by atoms with Gasteiger partial charge in [0, 0.05) is 6.07 Å². The summed E-state index contributed by atoms with van der Waals surface area (Å²) in [5, 5.41) is 10.4. The molecule has 0 spiro atoms. The maximum atomic E-state index is 13.1. The lowest BCUT2D eigenvalue weighted by molar-refractivity contribution is -0.385. The van der Waals surface area contributed by atoms with Gasteiger partial charge in [-0.3, -0.25) is 10.1 Å². The van der Waals surface area contributed by atoms with E-state index in [1.807, 2.05) is 0 Å². The molecule has 0 amide bonds. The van der Waals surface area contributed by atoms with Gasteiger partial charge in [0.15, 0.2) is 11.6 Å². The zero-order valence-electron chi connectivity index (χ0n) is 8.20. The molecular weight excluding hydrogens is 224 g/mol. The van der Waals surface area contributed by atoms with Crippen molar-refractivity contribution < 1.29 is 23.2 Å². The SMILES string of the molecule is CCOC(=O)c1cc([N+](=O)[O-])cc(F)c1F. The summed E-state index contributed by atoms with van der Waals surface area (Å²) in [7, 11) is 0. The van der Waals surface area contributed by atoms with Gasteiger partial charge in [-0.2, -0.15) is 0 Å². The second-order valence-corrected chi connectivity index (χ2v) is 2.77. The van der Waals surface area contributed by atoms with Crippen molar-refractivity contribution in [1.82, 2.24) is 0 Å². The van der Waals surface area contributed by atoms with E-state index in [0.717, 1.165) is 0 Å². The molecule has 0 N–H and O–H groups in total. The summed E-state index contributed by atoms with van der Waals surface area (Å²) in [6.45, 7) is 1.44. The number of benzene rings is 1. The van der Waals surface area contributed by atoms with Gasteiger partial charge in [0.1, 0.15) is 5.56 Å². The maximum absolute atomic E-state index is 13.1. The Morgan fingerprint density at radius 1 is 1.50 bits per heavy atom. The van der Waals surface area contributed by atoms with Crippen LogP contribution in [0.1, 0.15) is 17.3 Å². The second-order valence-electron chi connectivity index (χ2n) is 2.77. The molecule has 0 aliphatic carbocycles. The summed E-state index contributed by atoms with van der Waals surface area (Å²) in [5.74, 6) is -4.05. The standard InChI is InChI=1S/C9H7F2NO4/c1-2-16-9(13)6-3-5(12(14)15)4-7(10)8(6)11/h3-4H,2H2,1H3. The largest absolute Gasteiger partial charge is 0.462 e. The van der Waals surface area contributed by atoms with Gasteiger partial charge in [-0.25, -0.2) is 13.6 Å². The highest BCUT2D eigenvalue weighted by atomic mass is 19.2. The lowest BCUT2D eigenvalue weighted by atomic mass is 10.2. The Kier molecular flexibility index (Phi) is 3.49. The molecule has 0 fully saturated rings. The predicted octanol–water partition coefficient (Wildman–Crippen LogP) is 2.05. The molecule has 0 aliphatic heterocycles. The van der Waals surface area contributed by atoms with Gasteiger partial charge in [-0.1, -0.05) is 0 Å². The first kappa shape index (κ1) is 12.0. The molecule has 0 atom stereocenters. The molecule has 0 saturated heterocycles. The van der Waals surface area contributed by atoms with Crippen molar-refractivity contribution in [3.8, 4) is 0 Å². The fourth-order valence-electron chi connectivity index (χ4n) is 1.04. The fraction of sp³-hybridized carbons (Fsp3) is 0.222. The van der Waals surface area contributed by atoms with Gasteiger partial charge in [0.25, 0.3) is 5.69 Å². The number of esters is 1. The molecule has 0 aromatic heterocycles. The average molecular weight is 231 g/mol. The third-order valence-corrected chi connectivity index (χ3v) is 1.72. The molecule has 1 aromatic carbocycles. The summed E-state index contributed by atoms with van der Waals surface area (Å²) in [5.41, 5.74) is -1.49. The van der Waals surface area contributed by atoms with Crippen LogP contribution < -0.4 is 0 Å². The van der Waals surface area contributed by atoms with Crippen LogP contribution >= 0.6 is 0 Å². The van der Waals surface area contributed by atoms with Crippen LogP contribution in [0, 0.1) is 21.7 Å². The van der Waals surface area contributed by atoms with Gasteiger partial charge >= 0.3 is 5.97 Å². The maximum Gasteiger partial charge on any atom is 0.341 e. The molecular formula is C9H7F2NO4. The van der Waals surface area contributed by atoms with E-state index in [9.17, 15) is 23.7 Å². The fourth-order valence-corrected chi connectivity index (χ4v) is 1.04. The summed E-state index contributed by atoms with van der Waals surface area (Å²) >= 11 is 0. The first-order valence-corrected chi connectivity index (χ1v) is 4.28. The van der Waals surface area contributed by atoms with Crippen molar-refractivity contribution in [2.45, 2.75) is 6.92 Å². The van der Waals surface area contributed by atoms with Crippen molar-refractivity contribution >= 4 is 11.7 Å². The minimum Gasteiger partial charge on any atom is -0.462 e. The molecule has 0 aliphatic rings. The molecule has 5 nitrogen and oxygen atoms in total. The van der Waals surface area contributed by atoms with Crippen molar-refractivity contribution in [3.05, 3.63) is 39.4 Å². The van der Waals surface area contributed by atoms with Crippen LogP contribution in [0.4, 0.5) is 14.5 Å². The summed E-state index contributed by atoms with van der Waals surface area (Å²) < 4.78 is 30.5. The van der Waals surface area contributed by atoms with E-state index in [-0.39, 0.29) is 6.61 Å². The van der Waals surface area contributed by atoms with Crippen LogP contribution in [0.15, 0.2) is 12.1 Å². The number of nitrogens with zero attached hydrogens (tertiary/aromatic N) is 1. The number of hydrogen-bond acceptors (Lipinski definition) is 4. The number of nitro benzene ring substituents is 1. The Hall–Kier alpha value is -2.05. The van der Waals surface area contributed by atoms with Crippen LogP contribution in [0.5, 0.6) is 0 Å². The zero-order valence-corrected chi connectivity index (χ0v) is 8.20. The van der Waals surface area contributed by atoms with Crippen molar-refractivity contribution in [1.29, 1.82) is 0 Å². The number of carbonyl (C=O) groups excluding carboxylic acids is 1. The van der Waals surface area contributed by atoms with Gasteiger partial charge in [-0.05, 0) is 6.92 Å². The van der Waals surface area contributed by atoms with Crippen LogP contribution in [-0.2, 0) is 4.74 Å². The first-order chi connectivity index (χ1) is 7.47. The highest BCUT2D eigenvalue weighted by Crippen LogP contribution is 2.21. The molecule has 1 aromatic rings. The minimum atomic E-state index is -1.46. The molecule has 0 unspecified atom stereocenters. The van der Waals surface area contributed by atoms with Crippen LogP contribution in [0.2, 0.25) is 0 Å². The Morgan fingerprint density at radius 3 is 2.62 bits per heavy atom. The third-order valence-electron chi connectivity index (χ3n) is 1.72. The van der Waals surface area contributed by atoms with E-state index in [1.54, 1.807) is 0 Å². The van der Waals surface area contributed by atoms with Gasteiger partial charge in [0.05, 0.1) is 17.6 Å². The summed E-state index contributed by atoms with van der Waals surface area (Å²) in [4.78, 5) is 20.6. The average Bonchev–Trinajstić information content (AvgIpc) is 2.21. The number of halogens is 2. The molecule has 86 valence electrons. The Balaban J connectivity index is 3.26. The van der Waals surface area contributed by atoms with Crippen LogP contribution in [0.25, 0.3) is 0 Å². The number of non-ortho nitro benzene ring substituents is 1. The second kappa shape index (κ2) is 4.65. The predicted molar refractivity (Wildman–Crippen MR) is 49.0 cm³/mol. The lowest BCUT2D eigenvalue weighted by Gasteiger charge is -2.03. The monoisotopic (exact) mass is 231 g/mol. The lowest BCUT2D eigenvalue weighted by Crippen LogP contribution is -2.09. The number of rotatable bonds is 3. The van der Waals surface area contributed by atoms with Crippen molar-refractivity contribution in [2.24, 2.45) is 0 Å². The topological polar surface area (TPSA) is 69.4 Å². The van der Waals surface area contributed by atoms with Gasteiger partial charge in [-0.15, -0.1) is 0 Å². The molecule has 0 saturated carbocycles. The molecule has 1 rings (SSSR count). The summed E-state index contributed by atoms with van der Waals surface area (Å²) in [6.07, 6.45) is 0. The number of nitro groups is 1. The molecule has 16 heavy (non-hydrogen) atoms. The molecule has 0 heterocycles. The van der Waals surface area contributed by atoms with E-state index < -0.39 is 33.8 Å². The summed E-state index contributed by atoms with van der Waals surface area (Å²) in [6, 6.07) is 1.04. The van der Waals surface area contributed by atoms with Gasteiger partial charge < -0.3 is 4.74 Å². The first-order valence-electron chi connectivity index (χ1n) is 4.28. The zero-order chi connectivity index (χ0) is 12.3. The van der Waals surface area contributed by atoms with Gasteiger partial charge in [0.2, 0.25) is 0 Å². The van der Waals surface area contributed by atoms with Crippen molar-refractivity contribution in [2.75, 3.05) is 6.61 Å². The highest BCUT2D eigenvalue weighted by molar-refractivity contribution is 5.90. The number of carbonyl (C=O) groups is 1. The third kappa shape index (κ3) is 2.30. The van der Waals surface area contributed by atoms with E-state index in [1.165, 1.54) is 6.92 Å². The molecule has 7 heteroatoms. The normalized spacial score (nSPS) is 9.94.